The maximum Gasteiger partial charge on any atom is 0.289 e. The fraction of sp³-hybridized carbons (Fsp3) is 0.357. The molecule has 2 heterocycles. The van der Waals surface area contributed by atoms with E-state index in [0.29, 0.717) is 11.3 Å². The second-order valence-corrected chi connectivity index (χ2v) is 5.85. The number of nitrogens with one attached hydrogen (secondary N) is 1. The predicted molar refractivity (Wildman–Crippen MR) is 75.5 cm³/mol. The van der Waals surface area contributed by atoms with Gasteiger partial charge < -0.3 is 26.0 Å². The molecule has 2 unspecified atom stereocenters. The molecule has 2 aliphatic rings. The number of carbonyl (C=O) groups is 3. The number of benzene rings is 1. The summed E-state index contributed by atoms with van der Waals surface area (Å²) in [6.45, 7) is 0.813. The minimum Gasteiger partial charge on any atom is -0.398 e. The molecule has 2 aliphatic heterocycles. The minimum atomic E-state index is -3.23. The van der Waals surface area contributed by atoms with Crippen molar-refractivity contribution in [2.24, 2.45) is 0 Å². The van der Waals surface area contributed by atoms with Gasteiger partial charge in [-0.15, -0.1) is 0 Å². The number of imide groups is 1. The number of hydrogen-bond donors (Lipinski definition) is 5. The number of nitrogens with two attached hydrogens (primary N) is 1. The highest BCUT2D eigenvalue weighted by Gasteiger charge is 2.64. The molecule has 3 amide bonds. The third-order valence-corrected chi connectivity index (χ3v) is 4.38. The number of nitrogens with zero attached hydrogens (tertiary/aromatic N) is 1. The largest absolute Gasteiger partial charge is 0.398 e. The Morgan fingerprint density at radius 2 is 1.91 bits per heavy atom. The van der Waals surface area contributed by atoms with Gasteiger partial charge in [0.1, 0.15) is 6.04 Å². The number of amides is 3. The van der Waals surface area contributed by atoms with Crippen LogP contribution in [0.3, 0.4) is 0 Å². The molecule has 0 aromatic heterocycles. The highest BCUT2D eigenvalue weighted by molar-refractivity contribution is 6.09. The van der Waals surface area contributed by atoms with Gasteiger partial charge >= 0.3 is 0 Å². The van der Waals surface area contributed by atoms with Crippen molar-refractivity contribution in [3.05, 3.63) is 29.3 Å². The second-order valence-electron chi connectivity index (χ2n) is 5.85. The molecule has 3 rings (SSSR count). The summed E-state index contributed by atoms with van der Waals surface area (Å²) in [5.74, 6) is -6.28. The first-order valence-electron chi connectivity index (χ1n) is 6.79. The zero-order chi connectivity index (χ0) is 17.2. The lowest BCUT2D eigenvalue weighted by atomic mass is 9.81. The fourth-order valence-corrected chi connectivity index (χ4v) is 2.98. The molecule has 9 heteroatoms. The van der Waals surface area contributed by atoms with E-state index < -0.39 is 35.2 Å². The molecule has 1 aromatic carbocycles. The van der Waals surface area contributed by atoms with E-state index in [0.717, 1.165) is 11.8 Å². The zero-order valence-corrected chi connectivity index (χ0v) is 12.1. The molecular weight excluding hydrogens is 306 g/mol. The molecular formula is C14H15N3O6. The summed E-state index contributed by atoms with van der Waals surface area (Å²) in [5, 5.41) is 31.9. The molecule has 122 valence electrons. The van der Waals surface area contributed by atoms with Crippen LogP contribution in [0.15, 0.2) is 18.2 Å². The lowest BCUT2D eigenvalue weighted by molar-refractivity contribution is -0.273. The summed E-state index contributed by atoms with van der Waals surface area (Å²) in [6.07, 6.45) is 0. The summed E-state index contributed by atoms with van der Waals surface area (Å²) in [4.78, 5) is 37.1. The molecule has 23 heavy (non-hydrogen) atoms. The summed E-state index contributed by atoms with van der Waals surface area (Å²) < 4.78 is 0. The molecule has 0 bridgehead atoms. The van der Waals surface area contributed by atoms with Crippen molar-refractivity contribution in [1.29, 1.82) is 0 Å². The van der Waals surface area contributed by atoms with E-state index in [2.05, 4.69) is 0 Å². The van der Waals surface area contributed by atoms with Crippen molar-refractivity contribution in [1.82, 2.24) is 10.2 Å². The van der Waals surface area contributed by atoms with Crippen molar-refractivity contribution in [3.63, 3.8) is 0 Å². The van der Waals surface area contributed by atoms with Crippen LogP contribution in [0.5, 0.6) is 0 Å². The molecule has 6 N–H and O–H groups in total. The Morgan fingerprint density at radius 3 is 2.52 bits per heavy atom. The molecule has 0 aliphatic carbocycles. The van der Waals surface area contributed by atoms with E-state index >= 15 is 0 Å². The molecule has 1 saturated heterocycles. The van der Waals surface area contributed by atoms with Crippen molar-refractivity contribution in [3.8, 4) is 0 Å². The first kappa shape index (κ1) is 15.4. The maximum absolute atomic E-state index is 12.5. The van der Waals surface area contributed by atoms with Gasteiger partial charge in [-0.25, -0.2) is 0 Å². The van der Waals surface area contributed by atoms with Crippen molar-refractivity contribution in [2.75, 3.05) is 5.73 Å². The molecule has 0 spiro atoms. The number of fused-ring (bicyclic) bond motifs is 1. The van der Waals surface area contributed by atoms with Gasteiger partial charge in [0.2, 0.25) is 0 Å². The number of aliphatic hydroxyl groups is 3. The Balaban J connectivity index is 2.06. The molecule has 1 fully saturated rings. The normalized spacial score (nSPS) is 29.5. The van der Waals surface area contributed by atoms with Crippen LogP contribution in [0.1, 0.15) is 22.8 Å². The number of piperidine rings is 1. The Labute approximate surface area is 130 Å². The van der Waals surface area contributed by atoms with Gasteiger partial charge in [-0.05, 0) is 19.1 Å². The van der Waals surface area contributed by atoms with Gasteiger partial charge in [0.15, 0.2) is 5.60 Å². The molecule has 9 nitrogen and oxygen atoms in total. The fourth-order valence-electron chi connectivity index (χ4n) is 2.98. The summed E-state index contributed by atoms with van der Waals surface area (Å²) in [7, 11) is 0. The second kappa shape index (κ2) is 4.51. The third-order valence-electron chi connectivity index (χ3n) is 4.38. The predicted octanol–water partition coefficient (Wildman–Crippen LogP) is -2.32. The van der Waals surface area contributed by atoms with Crippen LogP contribution >= 0.6 is 0 Å². The Kier molecular flexibility index (Phi) is 3.02. The van der Waals surface area contributed by atoms with E-state index in [4.69, 9.17) is 5.73 Å². The van der Waals surface area contributed by atoms with Gasteiger partial charge in [0.25, 0.3) is 23.5 Å². The van der Waals surface area contributed by atoms with Crippen molar-refractivity contribution >= 4 is 23.4 Å². The van der Waals surface area contributed by atoms with E-state index in [1.807, 2.05) is 0 Å². The number of rotatable bonds is 1. The van der Waals surface area contributed by atoms with Gasteiger partial charge in [-0.1, -0.05) is 6.07 Å². The van der Waals surface area contributed by atoms with Gasteiger partial charge in [-0.2, -0.15) is 0 Å². The van der Waals surface area contributed by atoms with Crippen LogP contribution in [-0.4, -0.2) is 55.4 Å². The van der Waals surface area contributed by atoms with Crippen LogP contribution in [0, 0.1) is 0 Å². The number of anilines is 1. The topological polar surface area (TPSA) is 153 Å². The van der Waals surface area contributed by atoms with Crippen LogP contribution < -0.4 is 11.1 Å². The molecule has 1 aromatic rings. The number of nitrogen functional groups attached to an aromatic ring is 1. The highest BCUT2D eigenvalue weighted by atomic mass is 16.5. The Bertz CT molecular complexity index is 742. The first-order valence-corrected chi connectivity index (χ1v) is 6.79. The minimum absolute atomic E-state index is 0.0979. The van der Waals surface area contributed by atoms with E-state index in [1.54, 1.807) is 17.4 Å². The van der Waals surface area contributed by atoms with E-state index in [-0.39, 0.29) is 12.1 Å². The molecule has 2 atom stereocenters. The average Bonchev–Trinajstić information content (AvgIpc) is 2.76. The monoisotopic (exact) mass is 321 g/mol. The van der Waals surface area contributed by atoms with Gasteiger partial charge in [-0.3, -0.25) is 19.7 Å². The van der Waals surface area contributed by atoms with Crippen LogP contribution in [0.2, 0.25) is 0 Å². The van der Waals surface area contributed by atoms with Gasteiger partial charge in [0.05, 0.1) is 0 Å². The third kappa shape index (κ3) is 1.87. The maximum atomic E-state index is 12.5. The zero-order valence-electron chi connectivity index (χ0n) is 12.1. The smallest absolute Gasteiger partial charge is 0.289 e. The first-order chi connectivity index (χ1) is 10.6. The number of hydrogen-bond acceptors (Lipinski definition) is 7. The molecule has 0 radical (unpaired) electrons. The van der Waals surface area contributed by atoms with E-state index in [9.17, 15) is 29.7 Å². The lowest BCUT2D eigenvalue weighted by Crippen LogP contribution is -2.77. The average molecular weight is 321 g/mol. The van der Waals surface area contributed by atoms with Crippen LogP contribution in [0.4, 0.5) is 5.69 Å². The Hall–Kier alpha value is -2.49. The standard InChI is InChI=1S/C14H15N3O6/c1-13(21)9(10(18)16-12(20)14(13,22)23)17-5-7-6(11(17)19)3-2-4-8(7)15/h2-4,9,21-23H,5,15H2,1H3,(H,16,18,20). The lowest BCUT2D eigenvalue weighted by Gasteiger charge is -2.46. The van der Waals surface area contributed by atoms with Crippen LogP contribution in [0.25, 0.3) is 0 Å². The van der Waals surface area contributed by atoms with E-state index in [1.165, 1.54) is 6.07 Å². The summed E-state index contributed by atoms with van der Waals surface area (Å²) in [6, 6.07) is 3.00. The quantitative estimate of drug-likeness (QED) is 0.221. The SMILES string of the molecule is CC1(O)C(N2Cc3c(N)cccc3C2=O)C(=O)NC(=O)C1(O)O. The Morgan fingerprint density at radius 1 is 1.26 bits per heavy atom. The van der Waals surface area contributed by atoms with Crippen LogP contribution in [-0.2, 0) is 16.1 Å². The van der Waals surface area contributed by atoms with Gasteiger partial charge in [0, 0.05) is 23.4 Å². The van der Waals surface area contributed by atoms with Crippen molar-refractivity contribution in [2.45, 2.75) is 30.9 Å². The molecule has 0 saturated carbocycles. The summed E-state index contributed by atoms with van der Waals surface area (Å²) in [5.41, 5.74) is 4.28. The van der Waals surface area contributed by atoms with Crippen molar-refractivity contribution < 1.29 is 29.7 Å². The highest BCUT2D eigenvalue weighted by Crippen LogP contribution is 2.36. The number of carbonyl (C=O) groups excluding carboxylic acids is 3. The summed E-state index contributed by atoms with van der Waals surface area (Å²) >= 11 is 0.